The number of aliphatic carboxylic acids is 1. The number of nitrogens with one attached hydrogen (secondary N) is 1. The first-order valence-corrected chi connectivity index (χ1v) is 13.7. The van der Waals surface area contributed by atoms with Gasteiger partial charge in [-0.05, 0) is 46.2 Å². The highest BCUT2D eigenvalue weighted by atomic mass is 19.4. The Morgan fingerprint density at radius 1 is 0.953 bits per heavy atom. The van der Waals surface area contributed by atoms with Crippen molar-refractivity contribution in [2.45, 2.75) is 30.8 Å². The average Bonchev–Trinajstić information content (AvgIpc) is 3.45. The zero-order valence-electron chi connectivity index (χ0n) is 22.6. The molecule has 0 bridgehead atoms. The number of benzene rings is 3. The number of amides is 2. The summed E-state index contributed by atoms with van der Waals surface area (Å²) in [7, 11) is 0. The number of hydrogen-bond donors (Lipinski definition) is 2. The molecule has 2 aliphatic rings. The molecule has 8 nitrogen and oxygen atoms in total. The van der Waals surface area contributed by atoms with Gasteiger partial charge in [-0.2, -0.15) is 0 Å². The van der Waals surface area contributed by atoms with Crippen molar-refractivity contribution in [1.82, 2.24) is 15.2 Å². The molecule has 3 heterocycles. The van der Waals surface area contributed by atoms with E-state index in [0.717, 1.165) is 27.8 Å². The first-order chi connectivity index (χ1) is 20.6. The standard InChI is InChI=1S/C32H26F3N3O5/c33-32(34,35)43-24-10-5-8-22(17-24)27-25-26(29(40)38(28(25)39)15-13-23-9-3-4-14-36-23)31(37-27,30(41)42)18-19-11-12-20-6-1-2-7-21(20)16-19/h1-12,14,16-17,25-27,37H,13,15,18H2,(H,41,42). The summed E-state index contributed by atoms with van der Waals surface area (Å²) < 4.78 is 43.1. The van der Waals surface area contributed by atoms with Gasteiger partial charge in [0.1, 0.15) is 11.3 Å². The molecule has 2 aliphatic heterocycles. The largest absolute Gasteiger partial charge is 0.573 e. The first-order valence-electron chi connectivity index (χ1n) is 13.7. The Balaban J connectivity index is 1.41. The Labute approximate surface area is 244 Å². The quantitative estimate of drug-likeness (QED) is 0.287. The molecule has 0 saturated carbocycles. The number of aromatic nitrogens is 1. The lowest BCUT2D eigenvalue weighted by Crippen LogP contribution is -2.57. The summed E-state index contributed by atoms with van der Waals surface area (Å²) in [5.41, 5.74) is -0.460. The summed E-state index contributed by atoms with van der Waals surface area (Å²) in [4.78, 5) is 46.4. The number of rotatable bonds is 8. The second-order valence-corrected chi connectivity index (χ2v) is 10.8. The summed E-state index contributed by atoms with van der Waals surface area (Å²) in [5.74, 6) is -5.58. The molecule has 11 heteroatoms. The molecule has 3 aromatic carbocycles. The monoisotopic (exact) mass is 589 g/mol. The molecule has 2 N–H and O–H groups in total. The second kappa shape index (κ2) is 10.8. The Morgan fingerprint density at radius 3 is 2.44 bits per heavy atom. The first kappa shape index (κ1) is 28.4. The molecule has 4 atom stereocenters. The normalized spacial score (nSPS) is 23.5. The zero-order valence-corrected chi connectivity index (χ0v) is 22.6. The van der Waals surface area contributed by atoms with Crippen molar-refractivity contribution >= 4 is 28.6 Å². The van der Waals surface area contributed by atoms with Gasteiger partial charge in [-0.15, -0.1) is 13.2 Å². The van der Waals surface area contributed by atoms with Crippen LogP contribution in [0.1, 0.15) is 22.9 Å². The number of carbonyl (C=O) groups excluding carboxylic acids is 2. The van der Waals surface area contributed by atoms with E-state index in [1.807, 2.05) is 36.4 Å². The molecule has 0 aliphatic carbocycles. The fraction of sp³-hybridized carbons (Fsp3) is 0.250. The van der Waals surface area contributed by atoms with Gasteiger partial charge >= 0.3 is 12.3 Å². The van der Waals surface area contributed by atoms with Crippen molar-refractivity contribution in [2.75, 3.05) is 6.54 Å². The third kappa shape index (κ3) is 5.32. The number of likely N-dealkylation sites (tertiary alicyclic amines) is 1. The van der Waals surface area contributed by atoms with Gasteiger partial charge < -0.3 is 9.84 Å². The number of alkyl halides is 3. The number of carboxylic acid groups (broad SMARTS) is 1. The number of carboxylic acids is 1. The number of pyridine rings is 1. The van der Waals surface area contributed by atoms with Crippen LogP contribution in [-0.4, -0.2) is 51.2 Å². The summed E-state index contributed by atoms with van der Waals surface area (Å²) in [6.45, 7) is -0.0166. The average molecular weight is 590 g/mol. The zero-order chi connectivity index (χ0) is 30.4. The number of hydrogen-bond acceptors (Lipinski definition) is 6. The maximum absolute atomic E-state index is 14.0. The van der Waals surface area contributed by atoms with E-state index in [1.165, 1.54) is 12.1 Å². The van der Waals surface area contributed by atoms with Gasteiger partial charge in [0.15, 0.2) is 0 Å². The fourth-order valence-electron chi connectivity index (χ4n) is 6.35. The van der Waals surface area contributed by atoms with Crippen LogP contribution in [0.2, 0.25) is 0 Å². The lowest BCUT2D eigenvalue weighted by molar-refractivity contribution is -0.274. The van der Waals surface area contributed by atoms with Gasteiger partial charge in [0.25, 0.3) is 0 Å². The van der Waals surface area contributed by atoms with Crippen LogP contribution in [0.3, 0.4) is 0 Å². The maximum atomic E-state index is 14.0. The Bertz CT molecular complexity index is 1710. The second-order valence-electron chi connectivity index (χ2n) is 10.8. The maximum Gasteiger partial charge on any atom is 0.573 e. The van der Waals surface area contributed by atoms with Crippen molar-refractivity contribution in [3.8, 4) is 5.75 Å². The van der Waals surface area contributed by atoms with E-state index in [1.54, 1.807) is 30.5 Å². The summed E-state index contributed by atoms with van der Waals surface area (Å²) >= 11 is 0. The minimum atomic E-state index is -4.95. The number of halogens is 3. The molecule has 220 valence electrons. The van der Waals surface area contributed by atoms with E-state index in [-0.39, 0.29) is 24.9 Å². The minimum absolute atomic E-state index is 0.0166. The number of carbonyl (C=O) groups is 3. The van der Waals surface area contributed by atoms with E-state index in [9.17, 15) is 32.7 Å². The molecule has 1 aromatic heterocycles. The third-order valence-corrected chi connectivity index (χ3v) is 8.19. The van der Waals surface area contributed by atoms with E-state index in [0.29, 0.717) is 11.3 Å². The van der Waals surface area contributed by atoms with Crippen molar-refractivity contribution in [3.05, 3.63) is 108 Å². The van der Waals surface area contributed by atoms with Gasteiger partial charge in [-0.3, -0.25) is 29.6 Å². The molecule has 0 radical (unpaired) electrons. The molecule has 2 amide bonds. The lowest BCUT2D eigenvalue weighted by Gasteiger charge is -2.31. The number of nitrogens with zero attached hydrogens (tertiary/aromatic N) is 2. The number of ether oxygens (including phenoxy) is 1. The van der Waals surface area contributed by atoms with Crippen LogP contribution in [0.25, 0.3) is 10.8 Å². The SMILES string of the molecule is O=C1C2C(c3cccc(OC(F)(F)F)c3)NC(Cc3ccc4ccccc4c3)(C(=O)O)C2C(=O)N1CCc1ccccn1. The highest BCUT2D eigenvalue weighted by molar-refractivity contribution is 6.09. The molecule has 6 rings (SSSR count). The van der Waals surface area contributed by atoms with Crippen LogP contribution < -0.4 is 10.1 Å². The van der Waals surface area contributed by atoms with Crippen molar-refractivity contribution < 1.29 is 37.4 Å². The Morgan fingerprint density at radius 2 is 1.72 bits per heavy atom. The van der Waals surface area contributed by atoms with E-state index >= 15 is 0 Å². The highest BCUT2D eigenvalue weighted by Crippen LogP contribution is 2.50. The third-order valence-electron chi connectivity index (χ3n) is 8.19. The molecule has 4 aromatic rings. The van der Waals surface area contributed by atoms with Crippen molar-refractivity contribution in [2.24, 2.45) is 11.8 Å². The molecule has 4 unspecified atom stereocenters. The summed E-state index contributed by atoms with van der Waals surface area (Å²) in [5, 5.41) is 15.6. The van der Waals surface area contributed by atoms with Crippen molar-refractivity contribution in [3.63, 3.8) is 0 Å². The predicted molar refractivity (Wildman–Crippen MR) is 149 cm³/mol. The van der Waals surface area contributed by atoms with E-state index in [4.69, 9.17) is 0 Å². The number of fused-ring (bicyclic) bond motifs is 2. The molecule has 0 spiro atoms. The smallest absolute Gasteiger partial charge is 0.480 e. The van der Waals surface area contributed by atoms with E-state index < -0.39 is 53.3 Å². The molecule has 2 saturated heterocycles. The van der Waals surface area contributed by atoms with Crippen LogP contribution in [-0.2, 0) is 27.2 Å². The van der Waals surface area contributed by atoms with Gasteiger partial charge in [-0.25, -0.2) is 0 Å². The fourth-order valence-corrected chi connectivity index (χ4v) is 6.35. The number of imide groups is 1. The molecule has 43 heavy (non-hydrogen) atoms. The summed E-state index contributed by atoms with van der Waals surface area (Å²) in [6.07, 6.45) is -3.24. The van der Waals surface area contributed by atoms with Gasteiger partial charge in [0.2, 0.25) is 11.8 Å². The minimum Gasteiger partial charge on any atom is -0.480 e. The van der Waals surface area contributed by atoms with Crippen LogP contribution in [0.5, 0.6) is 5.75 Å². The van der Waals surface area contributed by atoms with Crippen LogP contribution >= 0.6 is 0 Å². The van der Waals surface area contributed by atoms with Crippen molar-refractivity contribution in [1.29, 1.82) is 0 Å². The molecular formula is C32H26F3N3O5. The Kier molecular flexibility index (Phi) is 7.13. The topological polar surface area (TPSA) is 109 Å². The van der Waals surface area contributed by atoms with Gasteiger partial charge in [0, 0.05) is 37.3 Å². The van der Waals surface area contributed by atoms with E-state index in [2.05, 4.69) is 15.0 Å². The Hall–Kier alpha value is -4.77. The van der Waals surface area contributed by atoms with Gasteiger partial charge in [-0.1, -0.05) is 60.7 Å². The lowest BCUT2D eigenvalue weighted by atomic mass is 9.76. The van der Waals surface area contributed by atoms with Gasteiger partial charge in [0.05, 0.1) is 11.8 Å². The summed E-state index contributed by atoms with van der Waals surface area (Å²) in [6, 6.07) is 22.2. The van der Waals surface area contributed by atoms with Crippen LogP contribution in [0.15, 0.2) is 91.1 Å². The molecular weight excluding hydrogens is 563 g/mol. The van der Waals surface area contributed by atoms with Crippen LogP contribution in [0.4, 0.5) is 13.2 Å². The molecule has 2 fully saturated rings. The highest BCUT2D eigenvalue weighted by Gasteiger charge is 2.68. The van der Waals surface area contributed by atoms with Crippen LogP contribution in [0, 0.1) is 11.8 Å². The predicted octanol–water partition coefficient (Wildman–Crippen LogP) is 4.69.